The number of hydrogen-bond acceptors (Lipinski definition) is 7. The van der Waals surface area contributed by atoms with Crippen molar-refractivity contribution in [1.29, 1.82) is 0 Å². The number of nitrogens with zero attached hydrogens (tertiary/aromatic N) is 5. The first-order valence-electron chi connectivity index (χ1n) is 8.50. The molecular weight excluding hydrogens is 330 g/mol. The number of ether oxygens (including phenoxy) is 1. The molecule has 26 heavy (non-hydrogen) atoms. The number of aromatic nitrogens is 5. The average molecular weight is 351 g/mol. The van der Waals surface area contributed by atoms with Gasteiger partial charge in [0, 0.05) is 57.0 Å². The van der Waals surface area contributed by atoms with Crippen molar-refractivity contribution < 1.29 is 4.74 Å². The quantitative estimate of drug-likeness (QED) is 0.698. The molecule has 0 amide bonds. The van der Waals surface area contributed by atoms with Gasteiger partial charge in [0.25, 0.3) is 0 Å². The van der Waals surface area contributed by atoms with Crippen LogP contribution in [0, 0.1) is 0 Å². The number of methoxy groups -OCH3 is 1. The highest BCUT2D eigenvalue weighted by molar-refractivity contribution is 5.60. The number of fused-ring (bicyclic) bond motifs is 1. The van der Waals surface area contributed by atoms with E-state index >= 15 is 0 Å². The fourth-order valence-electron chi connectivity index (χ4n) is 3.18. The van der Waals surface area contributed by atoms with E-state index in [2.05, 4.69) is 20.7 Å². The van der Waals surface area contributed by atoms with E-state index in [0.29, 0.717) is 12.4 Å². The second-order valence-electron chi connectivity index (χ2n) is 6.19. The van der Waals surface area contributed by atoms with Gasteiger partial charge in [-0.15, -0.1) is 0 Å². The summed E-state index contributed by atoms with van der Waals surface area (Å²) in [6.45, 7) is 2.00. The molecule has 0 aliphatic carbocycles. The van der Waals surface area contributed by atoms with Crippen molar-refractivity contribution in [1.82, 2.24) is 30.0 Å². The van der Waals surface area contributed by atoms with E-state index in [9.17, 15) is 0 Å². The summed E-state index contributed by atoms with van der Waals surface area (Å²) in [5.41, 5.74) is 4.11. The monoisotopic (exact) mass is 351 g/mol. The van der Waals surface area contributed by atoms with Crippen LogP contribution in [0.15, 0.2) is 36.8 Å². The van der Waals surface area contributed by atoms with Gasteiger partial charge in [0.2, 0.25) is 0 Å². The molecule has 134 valence electrons. The van der Waals surface area contributed by atoms with Crippen LogP contribution in [-0.4, -0.2) is 38.4 Å². The fourth-order valence-corrected chi connectivity index (χ4v) is 3.18. The van der Waals surface area contributed by atoms with Gasteiger partial charge in [-0.25, -0.2) is 9.97 Å². The van der Waals surface area contributed by atoms with Crippen LogP contribution in [0.3, 0.4) is 0 Å². The minimum atomic E-state index is -0.0580. The zero-order chi connectivity index (χ0) is 17.9. The number of pyridine rings is 1. The summed E-state index contributed by atoms with van der Waals surface area (Å²) in [5.74, 6) is 1.52. The highest BCUT2D eigenvalue weighted by atomic mass is 16.5. The molecule has 1 aliphatic rings. The highest BCUT2D eigenvalue weighted by Gasteiger charge is 2.23. The van der Waals surface area contributed by atoms with E-state index in [1.807, 2.05) is 29.9 Å². The van der Waals surface area contributed by atoms with E-state index in [1.54, 1.807) is 25.7 Å². The molecule has 1 atom stereocenters. The van der Waals surface area contributed by atoms with Crippen LogP contribution in [0.1, 0.15) is 23.0 Å². The molecule has 1 aliphatic heterocycles. The summed E-state index contributed by atoms with van der Waals surface area (Å²) in [5, 5.41) is 11.2. The summed E-state index contributed by atoms with van der Waals surface area (Å²) in [4.78, 5) is 13.6. The second-order valence-corrected chi connectivity index (χ2v) is 6.19. The van der Waals surface area contributed by atoms with Crippen LogP contribution in [0.25, 0.3) is 11.4 Å². The molecule has 8 nitrogen and oxygen atoms in total. The molecule has 4 rings (SSSR count). The van der Waals surface area contributed by atoms with Gasteiger partial charge in [-0.05, 0) is 18.2 Å². The summed E-state index contributed by atoms with van der Waals surface area (Å²) >= 11 is 0. The Morgan fingerprint density at radius 2 is 2.04 bits per heavy atom. The van der Waals surface area contributed by atoms with E-state index in [0.717, 1.165) is 41.4 Å². The Labute approximate surface area is 151 Å². The topological polar surface area (TPSA) is 89.8 Å². The van der Waals surface area contributed by atoms with Gasteiger partial charge in [0.05, 0.1) is 24.0 Å². The van der Waals surface area contributed by atoms with Gasteiger partial charge >= 0.3 is 0 Å². The first-order valence-corrected chi connectivity index (χ1v) is 8.50. The lowest BCUT2D eigenvalue weighted by Crippen LogP contribution is -2.21. The Morgan fingerprint density at radius 1 is 1.19 bits per heavy atom. The second kappa shape index (κ2) is 7.19. The molecule has 0 spiro atoms. The molecule has 3 aromatic rings. The molecule has 0 radical (unpaired) electrons. The van der Waals surface area contributed by atoms with Crippen LogP contribution in [0.2, 0.25) is 0 Å². The van der Waals surface area contributed by atoms with Crippen molar-refractivity contribution in [2.45, 2.75) is 19.1 Å². The minimum absolute atomic E-state index is 0.0580. The third kappa shape index (κ3) is 3.16. The van der Waals surface area contributed by atoms with Gasteiger partial charge < -0.3 is 15.4 Å². The minimum Gasteiger partial charge on any atom is -0.382 e. The molecule has 0 aromatic carbocycles. The Bertz CT molecular complexity index is 894. The van der Waals surface area contributed by atoms with E-state index in [-0.39, 0.29) is 6.04 Å². The van der Waals surface area contributed by atoms with Crippen LogP contribution in [0.4, 0.5) is 5.82 Å². The predicted octanol–water partition coefficient (Wildman–Crippen LogP) is 1.67. The average Bonchev–Trinajstić information content (AvgIpc) is 3.31. The predicted molar refractivity (Wildman–Crippen MR) is 97.3 cm³/mol. The Hall–Kier alpha value is -2.84. The summed E-state index contributed by atoms with van der Waals surface area (Å²) < 4.78 is 7.27. The number of anilines is 1. The maximum Gasteiger partial charge on any atom is 0.161 e. The van der Waals surface area contributed by atoms with E-state index < -0.39 is 0 Å². The molecule has 0 fully saturated rings. The first kappa shape index (κ1) is 16.6. The van der Waals surface area contributed by atoms with Crippen LogP contribution in [0.5, 0.6) is 0 Å². The highest BCUT2D eigenvalue weighted by Crippen LogP contribution is 2.28. The van der Waals surface area contributed by atoms with E-state index in [1.165, 1.54) is 0 Å². The maximum absolute atomic E-state index is 5.42. The molecule has 0 saturated heterocycles. The lowest BCUT2D eigenvalue weighted by molar-refractivity contribution is 0.184. The lowest BCUT2D eigenvalue weighted by atomic mass is 10.1. The molecule has 0 saturated carbocycles. The molecule has 1 unspecified atom stereocenters. The Morgan fingerprint density at radius 3 is 2.77 bits per heavy atom. The van der Waals surface area contributed by atoms with Gasteiger partial charge in [-0.1, -0.05) is 0 Å². The summed E-state index contributed by atoms with van der Waals surface area (Å²) in [6.07, 6.45) is 5.29. The number of hydrogen-bond donors (Lipinski definition) is 2. The molecule has 8 heteroatoms. The standard InChI is InChI=1S/C18H21N7O/c1-25-16(5-8-21-25)15(11-26-2)23-18-13-9-20-10-14(13)22-17(24-18)12-3-6-19-7-4-12/h3-8,15,20H,9-11H2,1-2H3,(H,22,23,24). The van der Waals surface area contributed by atoms with Crippen molar-refractivity contribution in [2.24, 2.45) is 7.05 Å². The molecular formula is C18H21N7O. The zero-order valence-corrected chi connectivity index (χ0v) is 14.8. The SMILES string of the molecule is COCC(Nc1nc(-c2ccncc2)nc2c1CNC2)c1ccnn1C. The third-order valence-corrected chi connectivity index (χ3v) is 4.49. The normalized spacial score (nSPS) is 14.2. The van der Waals surface area contributed by atoms with Gasteiger partial charge in [-0.3, -0.25) is 9.67 Å². The largest absolute Gasteiger partial charge is 0.382 e. The maximum atomic E-state index is 5.42. The molecule has 3 aromatic heterocycles. The Balaban J connectivity index is 1.73. The zero-order valence-electron chi connectivity index (χ0n) is 14.8. The smallest absolute Gasteiger partial charge is 0.161 e. The number of nitrogens with one attached hydrogen (secondary N) is 2. The molecule has 4 heterocycles. The van der Waals surface area contributed by atoms with Crippen molar-refractivity contribution in [3.63, 3.8) is 0 Å². The first-order chi connectivity index (χ1) is 12.8. The fraction of sp³-hybridized carbons (Fsp3) is 0.333. The lowest BCUT2D eigenvalue weighted by Gasteiger charge is -2.21. The van der Waals surface area contributed by atoms with E-state index in [4.69, 9.17) is 14.7 Å². The van der Waals surface area contributed by atoms with Crippen molar-refractivity contribution in [3.8, 4) is 11.4 Å². The van der Waals surface area contributed by atoms with Gasteiger partial charge in [0.1, 0.15) is 5.82 Å². The van der Waals surface area contributed by atoms with Crippen molar-refractivity contribution >= 4 is 5.82 Å². The number of rotatable bonds is 6. The summed E-state index contributed by atoms with van der Waals surface area (Å²) in [7, 11) is 3.62. The number of aryl methyl sites for hydroxylation is 1. The van der Waals surface area contributed by atoms with Crippen LogP contribution >= 0.6 is 0 Å². The van der Waals surface area contributed by atoms with Crippen molar-refractivity contribution in [3.05, 3.63) is 53.7 Å². The van der Waals surface area contributed by atoms with Gasteiger partial charge in [0.15, 0.2) is 5.82 Å². The van der Waals surface area contributed by atoms with Crippen LogP contribution < -0.4 is 10.6 Å². The van der Waals surface area contributed by atoms with Gasteiger partial charge in [-0.2, -0.15) is 5.10 Å². The molecule has 0 bridgehead atoms. The summed E-state index contributed by atoms with van der Waals surface area (Å²) in [6, 6.07) is 5.76. The molecule has 2 N–H and O–H groups in total. The third-order valence-electron chi connectivity index (χ3n) is 4.49. The Kier molecular flexibility index (Phi) is 4.59. The van der Waals surface area contributed by atoms with Crippen LogP contribution in [-0.2, 0) is 24.9 Å². The van der Waals surface area contributed by atoms with Crippen molar-refractivity contribution in [2.75, 3.05) is 19.0 Å².